The Balaban J connectivity index is 1.68. The van der Waals surface area contributed by atoms with Gasteiger partial charge in [-0.15, -0.1) is 0 Å². The topological polar surface area (TPSA) is 581 Å². The van der Waals surface area contributed by atoms with Crippen molar-refractivity contribution in [3.63, 3.8) is 0 Å². The number of anilines is 1. The number of carbonyl (C=O) groups is 6. The van der Waals surface area contributed by atoms with E-state index < -0.39 is 113 Å². The van der Waals surface area contributed by atoms with E-state index >= 15 is 0 Å². The van der Waals surface area contributed by atoms with E-state index in [-0.39, 0.29) is 39.3 Å². The van der Waals surface area contributed by atoms with Crippen molar-refractivity contribution in [2.45, 2.75) is 43.5 Å². The number of methoxy groups -OCH3 is 1. The average molecular weight is 979 g/mol. The molecule has 6 atom stereocenters. The van der Waals surface area contributed by atoms with Crippen LogP contribution in [0.3, 0.4) is 0 Å². The van der Waals surface area contributed by atoms with Gasteiger partial charge in [0.2, 0.25) is 42.3 Å². The molecule has 1 aromatic heterocycles. The van der Waals surface area contributed by atoms with Gasteiger partial charge in [-0.3, -0.25) is 38.9 Å². The number of amides is 6. The van der Waals surface area contributed by atoms with Gasteiger partial charge in [0.25, 0.3) is 29.5 Å². The van der Waals surface area contributed by atoms with Crippen LogP contribution in [0.4, 0.5) is 11.4 Å². The number of aliphatic hydroxyl groups is 1. The van der Waals surface area contributed by atoms with Gasteiger partial charge in [0.15, 0.2) is 29.4 Å². The number of aromatic nitrogens is 2. The second kappa shape index (κ2) is 23.3. The highest BCUT2D eigenvalue weighted by Crippen LogP contribution is 2.34. The van der Waals surface area contributed by atoms with Crippen molar-refractivity contribution in [2.24, 2.45) is 71.6 Å². The Hall–Kier alpha value is -10.3. The maximum atomic E-state index is 14.2. The maximum Gasteiger partial charge on any atom is 0.300 e. The van der Waals surface area contributed by atoms with Gasteiger partial charge in [0.1, 0.15) is 17.5 Å². The molecule has 0 aliphatic carbocycles. The van der Waals surface area contributed by atoms with Gasteiger partial charge in [0, 0.05) is 18.2 Å². The third-order valence-corrected chi connectivity index (χ3v) is 8.96. The van der Waals surface area contributed by atoms with Crippen LogP contribution in [0.2, 0.25) is 0 Å². The molecule has 34 heteroatoms. The van der Waals surface area contributed by atoms with E-state index in [0.29, 0.717) is 0 Å². The van der Waals surface area contributed by atoms with Crippen LogP contribution >= 0.6 is 0 Å². The number of nitro groups is 1. The Labute approximate surface area is 391 Å². The molecule has 0 radical (unpaired) electrons. The van der Waals surface area contributed by atoms with Crippen LogP contribution < -0.4 is 87.8 Å². The molecule has 34 nitrogen and oxygen atoms in total. The van der Waals surface area contributed by atoms with Crippen LogP contribution in [0.25, 0.3) is 11.0 Å². The lowest BCUT2D eigenvalue weighted by atomic mass is 10.1. The minimum atomic E-state index is -2.33. The zero-order chi connectivity index (χ0) is 52.0. The number of phenols is 1. The molecule has 0 fully saturated rings. The van der Waals surface area contributed by atoms with Gasteiger partial charge in [-0.2, -0.15) is 0 Å². The molecule has 0 saturated carbocycles. The molecule has 25 N–H and O–H groups in total. The highest BCUT2D eigenvalue weighted by Gasteiger charge is 2.36. The first-order valence-corrected chi connectivity index (χ1v) is 19.4. The maximum absolute atomic E-state index is 14.2. The molecule has 6 unspecified atom stereocenters. The molecular weight excluding hydrogens is 933 g/mol. The summed E-state index contributed by atoms with van der Waals surface area (Å²) in [5, 5.41) is 52.3. The Bertz CT molecular complexity index is 2730. The molecule has 372 valence electrons. The van der Waals surface area contributed by atoms with Gasteiger partial charge in [-0.1, -0.05) is 30.3 Å². The summed E-state index contributed by atoms with van der Waals surface area (Å²) in [5.74, 6) is -11.2. The summed E-state index contributed by atoms with van der Waals surface area (Å²) in [4.78, 5) is 107. The van der Waals surface area contributed by atoms with Crippen LogP contribution in [0.15, 0.2) is 85.3 Å². The molecule has 4 aromatic rings. The van der Waals surface area contributed by atoms with E-state index in [9.17, 15) is 49.1 Å². The summed E-state index contributed by atoms with van der Waals surface area (Å²) < 4.78 is 10.0. The van der Waals surface area contributed by atoms with Crippen LogP contribution in [-0.2, 0) is 35.3 Å². The third-order valence-electron chi connectivity index (χ3n) is 8.96. The molecule has 6 amide bonds. The number of ether oxygens (including phenoxy) is 1. The Kier molecular flexibility index (Phi) is 17.4. The fourth-order valence-electron chi connectivity index (χ4n) is 5.92. The zero-order valence-corrected chi connectivity index (χ0v) is 36.2. The molecule has 0 aliphatic heterocycles. The Morgan fingerprint density at radius 1 is 0.686 bits per heavy atom. The number of rotatable bonds is 22. The van der Waals surface area contributed by atoms with Crippen molar-refractivity contribution >= 4 is 81.7 Å². The molecule has 0 aliphatic rings. The van der Waals surface area contributed by atoms with Gasteiger partial charge in [-0.25, -0.2) is 24.6 Å². The van der Waals surface area contributed by atoms with Gasteiger partial charge >= 0.3 is 5.69 Å². The molecule has 70 heavy (non-hydrogen) atoms. The molecule has 3 aromatic carbocycles. The quantitative estimate of drug-likeness (QED) is 0.0114. The number of hydrogen-bond acceptors (Lipinski definition) is 19. The highest BCUT2D eigenvalue weighted by molar-refractivity contribution is 6.00. The second-order valence-corrected chi connectivity index (χ2v) is 13.9. The minimum absolute atomic E-state index is 0.0278. The van der Waals surface area contributed by atoms with Crippen molar-refractivity contribution in [2.75, 3.05) is 12.0 Å². The minimum Gasteiger partial charge on any atom is -0.508 e. The number of primary amides is 1. The van der Waals surface area contributed by atoms with Gasteiger partial charge in [-0.05, 0) is 40.1 Å². The first kappa shape index (κ1) is 52.3. The summed E-state index contributed by atoms with van der Waals surface area (Å²) in [6, 6.07) is 11.5. The predicted octanol–water partition coefficient (Wildman–Crippen LogP) is -7.62. The van der Waals surface area contributed by atoms with Crippen LogP contribution in [0.5, 0.6) is 11.5 Å². The second-order valence-electron chi connectivity index (χ2n) is 13.9. The molecule has 1 heterocycles. The number of nitro benzene ring substituents is 1. The first-order chi connectivity index (χ1) is 33.0. The molecular formula is C36H46N22O12. The number of benzene rings is 3. The Morgan fingerprint density at radius 2 is 1.17 bits per heavy atom. The number of nitrogens with zero attached hydrogens (tertiary/aromatic N) is 8. The number of nitrogens with one attached hydrogen (secondary N) is 5. The third kappa shape index (κ3) is 13.9. The summed E-state index contributed by atoms with van der Waals surface area (Å²) in [6.07, 6.45) is -10.7. The average Bonchev–Trinajstić information content (AvgIpc) is 3.79. The molecule has 0 spiro atoms. The van der Waals surface area contributed by atoms with Crippen molar-refractivity contribution in [1.29, 1.82) is 0 Å². The van der Waals surface area contributed by atoms with E-state index in [2.05, 4.69) is 40.9 Å². The van der Waals surface area contributed by atoms with Crippen molar-refractivity contribution in [1.82, 2.24) is 36.9 Å². The number of hydrogen-bond donors (Lipinski definition) is 16. The first-order valence-electron chi connectivity index (χ1n) is 19.4. The number of guanidine groups is 4. The van der Waals surface area contributed by atoms with Crippen molar-refractivity contribution < 1.29 is 53.3 Å². The van der Waals surface area contributed by atoms with Gasteiger partial charge in [0.05, 0.1) is 17.7 Å². The monoisotopic (exact) mass is 978 g/mol. The fourth-order valence-corrected chi connectivity index (χ4v) is 5.92. The van der Waals surface area contributed by atoms with E-state index in [4.69, 9.17) is 61.0 Å². The number of nitrogens with two attached hydrogens (primary N) is 9. The number of aliphatic hydroxyl groups excluding tert-OH is 1. The SMILES string of the molecule is COc1ccc(O)c(CN(c2ccc([N+](=O)[O-])c3nonc23)C(O)C(=O)NC(C(=O)NC(N=C(N)N)C(=O)NC(N=C(N)N)C(=O)NC(N=C(N)N)C(=O)NC(N=C(N)N)C(N)=O)c2ccccc2)c1. The zero-order valence-electron chi connectivity index (χ0n) is 36.2. The molecule has 0 bridgehead atoms. The lowest BCUT2D eigenvalue weighted by molar-refractivity contribution is -0.383. The number of aromatic hydroxyl groups is 1. The Morgan fingerprint density at radius 3 is 1.66 bits per heavy atom. The van der Waals surface area contributed by atoms with E-state index in [1.807, 2.05) is 16.0 Å². The van der Waals surface area contributed by atoms with Crippen LogP contribution in [-0.4, -0.2) is 123 Å². The number of aliphatic imine (C=N–C) groups is 4. The number of fused-ring (bicyclic) bond motifs is 1. The van der Waals surface area contributed by atoms with Crippen LogP contribution in [0, 0.1) is 10.1 Å². The van der Waals surface area contributed by atoms with Gasteiger partial charge < -0.3 is 98.0 Å². The predicted molar refractivity (Wildman–Crippen MR) is 243 cm³/mol. The van der Waals surface area contributed by atoms with Crippen LogP contribution in [0.1, 0.15) is 17.2 Å². The summed E-state index contributed by atoms with van der Waals surface area (Å²) in [6.45, 7) is -0.528. The van der Waals surface area contributed by atoms with Crippen molar-refractivity contribution in [3.05, 3.63) is 81.9 Å². The van der Waals surface area contributed by atoms with Crippen molar-refractivity contribution in [3.8, 4) is 11.5 Å². The normalized spacial score (nSPS) is 13.2. The molecule has 4 rings (SSSR count). The summed E-state index contributed by atoms with van der Waals surface area (Å²) >= 11 is 0. The summed E-state index contributed by atoms with van der Waals surface area (Å²) in [5.41, 5.74) is 47.4. The summed E-state index contributed by atoms with van der Waals surface area (Å²) in [7, 11) is 1.34. The fraction of sp³-hybridized carbons (Fsp3) is 0.222. The number of phenolic OH excluding ortho intramolecular Hbond substituents is 1. The molecule has 0 saturated heterocycles. The van der Waals surface area contributed by atoms with E-state index in [1.54, 1.807) is 6.07 Å². The van der Waals surface area contributed by atoms with E-state index in [0.717, 1.165) is 17.0 Å². The largest absolute Gasteiger partial charge is 0.508 e. The lowest BCUT2D eigenvalue weighted by Gasteiger charge is -2.31. The number of carbonyl (C=O) groups excluding carboxylic acids is 6. The van der Waals surface area contributed by atoms with E-state index in [1.165, 1.54) is 49.6 Å². The lowest BCUT2D eigenvalue weighted by Crippen LogP contribution is -2.58. The smallest absolute Gasteiger partial charge is 0.300 e. The highest BCUT2D eigenvalue weighted by atomic mass is 16.6. The number of non-ortho nitro benzene ring substituents is 1. The standard InChI is InChI=1S/C36H46N22O12/c1-69-15-7-10-18(59)14(11-15)12-57(16-8-9-17(58(67)68)21-20(16)55-70-56-21)32(66)31(65)46-19(13-5-3-2-4-6-13)27(61)48-24(52-34(40)41)29(63)50-26(54-36(44)45)30(64)49-25(53-35(42)43)28(62)47-23(22(37)60)51-33(38)39/h2-11,19,23-26,32,59,66H,12H2,1H3,(H2,37,60)(H,46,65)(H,47,62)(H,48,61)(H,49,64)(H,50,63)(H4,38,39,51)(H4,40,41,52)(H4,42,43,53)(H4,44,45,54).